The number of nitrogens with one attached hydrogen (secondary N) is 1. The van der Waals surface area contributed by atoms with Crippen molar-refractivity contribution in [1.29, 1.82) is 0 Å². The number of hydrogen-bond acceptors (Lipinski definition) is 6. The zero-order chi connectivity index (χ0) is 14.9. The number of benzene rings is 1. The summed E-state index contributed by atoms with van der Waals surface area (Å²) in [6.45, 7) is 5.24. The summed E-state index contributed by atoms with van der Waals surface area (Å²) in [4.78, 5) is 26.2. The van der Waals surface area contributed by atoms with Crippen molar-refractivity contribution in [3.63, 3.8) is 0 Å². The first-order valence-electron chi connectivity index (χ1n) is 5.80. The van der Waals surface area contributed by atoms with Gasteiger partial charge in [0.15, 0.2) is 5.13 Å². The summed E-state index contributed by atoms with van der Waals surface area (Å²) in [5.74, 6) is 0. The zero-order valence-corrected chi connectivity index (χ0v) is 12.0. The lowest BCUT2D eigenvalue weighted by molar-refractivity contribution is -0.382. The smallest absolute Gasteiger partial charge is 0.413 e. The molecular weight excluding hydrogens is 282 g/mol. The number of anilines is 1. The number of non-ortho nitro benzene ring substituents is 1. The Morgan fingerprint density at radius 2 is 2.15 bits per heavy atom. The minimum absolute atomic E-state index is 0.0303. The first-order valence-corrected chi connectivity index (χ1v) is 6.62. The maximum absolute atomic E-state index is 11.6. The first kappa shape index (κ1) is 14.2. The van der Waals surface area contributed by atoms with Crippen molar-refractivity contribution in [2.75, 3.05) is 5.32 Å². The van der Waals surface area contributed by atoms with Crippen LogP contribution in [0.15, 0.2) is 18.2 Å². The molecule has 0 aliphatic carbocycles. The molecule has 1 heterocycles. The molecule has 1 aromatic carbocycles. The lowest BCUT2D eigenvalue weighted by Crippen LogP contribution is -2.27. The number of thiazole rings is 1. The van der Waals surface area contributed by atoms with Crippen LogP contribution < -0.4 is 5.32 Å². The van der Waals surface area contributed by atoms with Crippen molar-refractivity contribution in [2.45, 2.75) is 26.4 Å². The molecule has 0 bridgehead atoms. The normalized spacial score (nSPS) is 11.3. The number of nitrogens with zero attached hydrogens (tertiary/aromatic N) is 2. The summed E-state index contributed by atoms with van der Waals surface area (Å²) in [7, 11) is 0. The number of ether oxygens (including phenoxy) is 1. The van der Waals surface area contributed by atoms with E-state index >= 15 is 0 Å². The Morgan fingerprint density at radius 3 is 2.75 bits per heavy atom. The van der Waals surface area contributed by atoms with Crippen LogP contribution in [0.4, 0.5) is 15.6 Å². The number of nitro groups is 1. The van der Waals surface area contributed by atoms with Gasteiger partial charge in [-0.15, -0.1) is 0 Å². The second kappa shape index (κ2) is 5.04. The van der Waals surface area contributed by atoms with Gasteiger partial charge in [-0.2, -0.15) is 0 Å². The lowest BCUT2D eigenvalue weighted by Gasteiger charge is -2.18. The van der Waals surface area contributed by atoms with Gasteiger partial charge in [-0.25, -0.2) is 9.78 Å². The van der Waals surface area contributed by atoms with Gasteiger partial charge < -0.3 is 4.74 Å². The van der Waals surface area contributed by atoms with Gasteiger partial charge in [-0.3, -0.25) is 15.4 Å². The summed E-state index contributed by atoms with van der Waals surface area (Å²) < 4.78 is 5.52. The van der Waals surface area contributed by atoms with Gasteiger partial charge in [0.1, 0.15) is 10.3 Å². The topological polar surface area (TPSA) is 94.4 Å². The Labute approximate surface area is 118 Å². The summed E-state index contributed by atoms with van der Waals surface area (Å²) in [5.41, 5.74) is -0.181. The number of nitro benzene ring substituents is 1. The van der Waals surface area contributed by atoms with E-state index in [9.17, 15) is 14.9 Å². The molecule has 1 amide bonds. The molecule has 0 saturated carbocycles. The second-order valence-electron chi connectivity index (χ2n) is 5.03. The number of aromatic nitrogens is 1. The standard InChI is InChI=1S/C12H13N3O4S/c1-12(2,3)19-11(16)14-10-13-7-5-4-6-8(15(17)18)9(7)20-10/h4-6H,1-3H3,(H,13,14,16). The number of hydrogen-bond donors (Lipinski definition) is 1. The third-order valence-electron chi connectivity index (χ3n) is 2.20. The van der Waals surface area contributed by atoms with Crippen LogP contribution in [-0.4, -0.2) is 21.6 Å². The number of carbonyl (C=O) groups is 1. The van der Waals surface area contributed by atoms with Crippen LogP contribution in [0, 0.1) is 10.1 Å². The maximum Gasteiger partial charge on any atom is 0.413 e. The Kier molecular flexibility index (Phi) is 3.58. The molecule has 0 radical (unpaired) electrons. The zero-order valence-electron chi connectivity index (χ0n) is 11.2. The monoisotopic (exact) mass is 295 g/mol. The van der Waals surface area contributed by atoms with E-state index in [0.29, 0.717) is 10.2 Å². The molecule has 2 aromatic rings. The fraction of sp³-hybridized carbons (Fsp3) is 0.333. The van der Waals surface area contributed by atoms with Crippen molar-refractivity contribution in [3.05, 3.63) is 28.3 Å². The number of carbonyl (C=O) groups excluding carboxylic acids is 1. The molecule has 2 rings (SSSR count). The van der Waals surface area contributed by atoms with Crippen molar-refractivity contribution in [1.82, 2.24) is 4.98 Å². The molecule has 0 spiro atoms. The molecule has 1 aromatic heterocycles. The summed E-state index contributed by atoms with van der Waals surface area (Å²) >= 11 is 1.04. The minimum Gasteiger partial charge on any atom is -0.444 e. The summed E-state index contributed by atoms with van der Waals surface area (Å²) in [5, 5.41) is 13.7. The van der Waals surface area contributed by atoms with Crippen molar-refractivity contribution >= 4 is 38.5 Å². The van der Waals surface area contributed by atoms with Crippen LogP contribution in [0.3, 0.4) is 0 Å². The highest BCUT2D eigenvalue weighted by molar-refractivity contribution is 7.22. The Bertz CT molecular complexity index is 675. The van der Waals surface area contributed by atoms with Gasteiger partial charge in [0, 0.05) is 6.07 Å². The molecule has 106 valence electrons. The van der Waals surface area contributed by atoms with E-state index in [1.165, 1.54) is 6.07 Å². The van der Waals surface area contributed by atoms with E-state index in [1.54, 1.807) is 32.9 Å². The van der Waals surface area contributed by atoms with Crippen LogP contribution in [0.25, 0.3) is 10.2 Å². The van der Waals surface area contributed by atoms with E-state index in [-0.39, 0.29) is 10.8 Å². The average molecular weight is 295 g/mol. The van der Waals surface area contributed by atoms with Gasteiger partial charge >= 0.3 is 6.09 Å². The van der Waals surface area contributed by atoms with Crippen LogP contribution in [0.5, 0.6) is 0 Å². The molecular formula is C12H13N3O4S. The largest absolute Gasteiger partial charge is 0.444 e. The molecule has 1 N–H and O–H groups in total. The van der Waals surface area contributed by atoms with Gasteiger partial charge in [-0.1, -0.05) is 17.4 Å². The Hall–Kier alpha value is -2.22. The molecule has 0 aliphatic heterocycles. The molecule has 0 atom stereocenters. The highest BCUT2D eigenvalue weighted by Gasteiger charge is 2.19. The van der Waals surface area contributed by atoms with Crippen molar-refractivity contribution in [3.8, 4) is 0 Å². The van der Waals surface area contributed by atoms with E-state index in [1.807, 2.05) is 0 Å². The van der Waals surface area contributed by atoms with E-state index < -0.39 is 16.6 Å². The molecule has 0 fully saturated rings. The van der Waals surface area contributed by atoms with Gasteiger partial charge in [0.05, 0.1) is 10.4 Å². The van der Waals surface area contributed by atoms with Crippen LogP contribution in [-0.2, 0) is 4.74 Å². The first-order chi connectivity index (χ1) is 9.26. The third kappa shape index (κ3) is 3.21. The Morgan fingerprint density at radius 1 is 1.45 bits per heavy atom. The lowest BCUT2D eigenvalue weighted by atomic mass is 10.2. The highest BCUT2D eigenvalue weighted by Crippen LogP contribution is 2.33. The molecule has 7 nitrogen and oxygen atoms in total. The summed E-state index contributed by atoms with van der Waals surface area (Å²) in [6, 6.07) is 4.61. The Balaban J connectivity index is 2.27. The van der Waals surface area contributed by atoms with Crippen LogP contribution in [0.1, 0.15) is 20.8 Å². The molecule has 20 heavy (non-hydrogen) atoms. The number of amides is 1. The quantitative estimate of drug-likeness (QED) is 0.675. The van der Waals surface area contributed by atoms with E-state index in [0.717, 1.165) is 11.3 Å². The maximum atomic E-state index is 11.6. The van der Waals surface area contributed by atoms with Gasteiger partial charge in [0.25, 0.3) is 5.69 Å². The summed E-state index contributed by atoms with van der Waals surface area (Å²) in [6.07, 6.45) is -0.640. The third-order valence-corrected chi connectivity index (χ3v) is 3.21. The van der Waals surface area contributed by atoms with E-state index in [2.05, 4.69) is 10.3 Å². The number of rotatable bonds is 2. The van der Waals surface area contributed by atoms with Crippen LogP contribution >= 0.6 is 11.3 Å². The van der Waals surface area contributed by atoms with Gasteiger partial charge in [0.2, 0.25) is 0 Å². The second-order valence-corrected chi connectivity index (χ2v) is 6.03. The van der Waals surface area contributed by atoms with Gasteiger partial charge in [-0.05, 0) is 26.8 Å². The minimum atomic E-state index is -0.640. The highest BCUT2D eigenvalue weighted by atomic mass is 32.1. The molecule has 8 heteroatoms. The fourth-order valence-electron chi connectivity index (χ4n) is 1.52. The SMILES string of the molecule is CC(C)(C)OC(=O)Nc1nc2cccc([N+](=O)[O-])c2s1. The average Bonchev–Trinajstić information content (AvgIpc) is 2.67. The van der Waals surface area contributed by atoms with Crippen molar-refractivity contribution in [2.24, 2.45) is 0 Å². The van der Waals surface area contributed by atoms with E-state index in [4.69, 9.17) is 4.74 Å². The fourth-order valence-corrected chi connectivity index (χ4v) is 2.46. The number of fused-ring (bicyclic) bond motifs is 1. The van der Waals surface area contributed by atoms with Crippen LogP contribution in [0.2, 0.25) is 0 Å². The predicted octanol–water partition coefficient (Wildman–Crippen LogP) is 3.55. The molecule has 0 saturated heterocycles. The molecule has 0 aliphatic rings. The predicted molar refractivity (Wildman–Crippen MR) is 76.1 cm³/mol. The van der Waals surface area contributed by atoms with Crippen molar-refractivity contribution < 1.29 is 14.5 Å². The molecule has 0 unspecified atom stereocenters.